The number of nitro groups is 1. The number of rotatable bonds is 5. The molecular formula is C23H19N5O4S. The summed E-state index contributed by atoms with van der Waals surface area (Å²) in [5.74, 6) is 1.22. The van der Waals surface area contributed by atoms with E-state index >= 15 is 0 Å². The van der Waals surface area contributed by atoms with Gasteiger partial charge in [-0.15, -0.1) is 11.3 Å². The summed E-state index contributed by atoms with van der Waals surface area (Å²) in [6, 6.07) is 16.4. The number of hydrogen-bond acceptors (Lipinski definition) is 8. The molecule has 3 aromatic heterocycles. The van der Waals surface area contributed by atoms with Gasteiger partial charge in [-0.3, -0.25) is 14.9 Å². The van der Waals surface area contributed by atoms with Gasteiger partial charge in [-0.2, -0.15) is 0 Å². The van der Waals surface area contributed by atoms with E-state index in [2.05, 4.69) is 4.98 Å². The highest BCUT2D eigenvalue weighted by Gasteiger charge is 2.28. The van der Waals surface area contributed by atoms with E-state index in [1.807, 2.05) is 46.2 Å². The highest BCUT2D eigenvalue weighted by atomic mass is 32.1. The van der Waals surface area contributed by atoms with Gasteiger partial charge in [0.25, 0.3) is 11.6 Å². The lowest BCUT2D eigenvalue weighted by atomic mass is 10.1. The van der Waals surface area contributed by atoms with Crippen molar-refractivity contribution >= 4 is 28.7 Å². The van der Waals surface area contributed by atoms with Gasteiger partial charge in [-0.25, -0.2) is 9.97 Å². The molecule has 0 spiro atoms. The predicted molar refractivity (Wildman–Crippen MR) is 124 cm³/mol. The Hall–Kier alpha value is -4.05. The Morgan fingerprint density at radius 1 is 1.03 bits per heavy atom. The summed E-state index contributed by atoms with van der Waals surface area (Å²) in [4.78, 5) is 37.2. The largest absolute Gasteiger partial charge is 0.462 e. The van der Waals surface area contributed by atoms with E-state index in [1.54, 1.807) is 18.4 Å². The number of hydrogen-bond donors (Lipinski definition) is 0. The molecular weight excluding hydrogens is 442 g/mol. The summed E-state index contributed by atoms with van der Waals surface area (Å²) < 4.78 is 5.50. The number of pyridine rings is 1. The number of amides is 1. The molecule has 0 N–H and O–H groups in total. The van der Waals surface area contributed by atoms with Gasteiger partial charge in [0.1, 0.15) is 16.9 Å². The number of carbonyl (C=O) groups excluding carboxylic acids is 1. The lowest BCUT2D eigenvalue weighted by Crippen LogP contribution is -2.49. The Bertz CT molecular complexity index is 1260. The van der Waals surface area contributed by atoms with Crippen LogP contribution in [0.15, 0.2) is 71.5 Å². The van der Waals surface area contributed by atoms with E-state index < -0.39 is 4.92 Å². The average Bonchev–Trinajstić information content (AvgIpc) is 3.55. The fourth-order valence-corrected chi connectivity index (χ4v) is 4.74. The van der Waals surface area contributed by atoms with Gasteiger partial charge in [0.2, 0.25) is 0 Å². The molecule has 1 fully saturated rings. The van der Waals surface area contributed by atoms with Crippen LogP contribution >= 0.6 is 11.3 Å². The second-order valence-corrected chi connectivity index (χ2v) is 8.45. The normalized spacial score (nSPS) is 13.8. The van der Waals surface area contributed by atoms with Crippen molar-refractivity contribution in [3.63, 3.8) is 0 Å². The first-order valence-electron chi connectivity index (χ1n) is 10.3. The molecule has 0 radical (unpaired) electrons. The number of anilines is 1. The number of thiazole rings is 1. The first-order chi connectivity index (χ1) is 16.1. The number of benzene rings is 1. The van der Waals surface area contributed by atoms with Crippen LogP contribution in [-0.4, -0.2) is 51.9 Å². The molecule has 9 nitrogen and oxygen atoms in total. The maximum atomic E-state index is 13.5. The molecule has 1 aliphatic rings. The Kier molecular flexibility index (Phi) is 5.57. The molecule has 0 saturated carbocycles. The lowest BCUT2D eigenvalue weighted by molar-refractivity contribution is -0.385. The summed E-state index contributed by atoms with van der Waals surface area (Å²) in [7, 11) is 0. The summed E-state index contributed by atoms with van der Waals surface area (Å²) in [6.45, 7) is 2.20. The van der Waals surface area contributed by atoms with Crippen LogP contribution in [0.3, 0.4) is 0 Å². The van der Waals surface area contributed by atoms with E-state index in [9.17, 15) is 14.9 Å². The van der Waals surface area contributed by atoms with Crippen LogP contribution in [0.2, 0.25) is 0 Å². The standard InChI is InChI=1S/C23H19N5O4S/c29-23(27-12-10-26(11-13-27)19-9-8-17(15-24-19)28(30)31)21-20(16-5-2-1-3-6-16)25-22(33-21)18-7-4-14-32-18/h1-9,14-15H,10-13H2. The molecule has 0 unspecified atom stereocenters. The van der Waals surface area contributed by atoms with Gasteiger partial charge in [-0.05, 0) is 18.2 Å². The number of furan rings is 1. The van der Waals surface area contributed by atoms with Crippen LogP contribution in [-0.2, 0) is 0 Å². The van der Waals surface area contributed by atoms with E-state index in [0.29, 0.717) is 53.3 Å². The first-order valence-corrected chi connectivity index (χ1v) is 11.2. The zero-order chi connectivity index (χ0) is 22.8. The van der Waals surface area contributed by atoms with Crippen LogP contribution in [0.25, 0.3) is 22.0 Å². The molecule has 1 aromatic carbocycles. The van der Waals surface area contributed by atoms with Crippen molar-refractivity contribution in [1.29, 1.82) is 0 Å². The second kappa shape index (κ2) is 8.83. The van der Waals surface area contributed by atoms with Gasteiger partial charge in [0, 0.05) is 37.8 Å². The van der Waals surface area contributed by atoms with Gasteiger partial charge < -0.3 is 14.2 Å². The Balaban J connectivity index is 1.36. The minimum absolute atomic E-state index is 0.0430. The molecule has 0 bridgehead atoms. The molecule has 10 heteroatoms. The molecule has 1 amide bonds. The van der Waals surface area contributed by atoms with Gasteiger partial charge in [-0.1, -0.05) is 30.3 Å². The van der Waals surface area contributed by atoms with Crippen molar-refractivity contribution in [2.45, 2.75) is 0 Å². The lowest BCUT2D eigenvalue weighted by Gasteiger charge is -2.35. The molecule has 0 aliphatic carbocycles. The molecule has 4 heterocycles. The number of aromatic nitrogens is 2. The molecule has 4 aromatic rings. The van der Waals surface area contributed by atoms with Crippen LogP contribution in [0, 0.1) is 10.1 Å². The molecule has 1 saturated heterocycles. The maximum Gasteiger partial charge on any atom is 0.287 e. The summed E-state index contributed by atoms with van der Waals surface area (Å²) >= 11 is 1.33. The third-order valence-corrected chi connectivity index (χ3v) is 6.49. The molecule has 1 aliphatic heterocycles. The monoisotopic (exact) mass is 461 g/mol. The van der Waals surface area contributed by atoms with Gasteiger partial charge in [0.05, 0.1) is 16.9 Å². The third kappa shape index (κ3) is 4.20. The van der Waals surface area contributed by atoms with Crippen molar-refractivity contribution in [2.24, 2.45) is 0 Å². The Labute approximate surface area is 193 Å². The zero-order valence-corrected chi connectivity index (χ0v) is 18.3. The molecule has 0 atom stereocenters. The highest BCUT2D eigenvalue weighted by molar-refractivity contribution is 7.17. The fourth-order valence-electron chi connectivity index (χ4n) is 3.72. The third-order valence-electron chi connectivity index (χ3n) is 5.43. The van der Waals surface area contributed by atoms with E-state index in [-0.39, 0.29) is 11.6 Å². The number of carbonyl (C=O) groups is 1. The highest BCUT2D eigenvalue weighted by Crippen LogP contribution is 2.35. The topological polar surface area (TPSA) is 106 Å². The number of piperazine rings is 1. The minimum Gasteiger partial charge on any atom is -0.462 e. The number of nitrogens with zero attached hydrogens (tertiary/aromatic N) is 5. The maximum absolute atomic E-state index is 13.5. The van der Waals surface area contributed by atoms with Crippen molar-refractivity contribution in [1.82, 2.24) is 14.9 Å². The Morgan fingerprint density at radius 3 is 2.45 bits per heavy atom. The smallest absolute Gasteiger partial charge is 0.287 e. The van der Waals surface area contributed by atoms with Crippen molar-refractivity contribution in [2.75, 3.05) is 31.1 Å². The van der Waals surface area contributed by atoms with Crippen molar-refractivity contribution in [3.8, 4) is 22.0 Å². The summed E-state index contributed by atoms with van der Waals surface area (Å²) in [5.41, 5.74) is 1.48. The summed E-state index contributed by atoms with van der Waals surface area (Å²) in [6.07, 6.45) is 2.85. The van der Waals surface area contributed by atoms with E-state index in [1.165, 1.54) is 23.6 Å². The fraction of sp³-hybridized carbons (Fsp3) is 0.174. The van der Waals surface area contributed by atoms with E-state index in [4.69, 9.17) is 9.40 Å². The van der Waals surface area contributed by atoms with Gasteiger partial charge >= 0.3 is 0 Å². The summed E-state index contributed by atoms with van der Waals surface area (Å²) in [5, 5.41) is 11.5. The van der Waals surface area contributed by atoms with Crippen molar-refractivity contribution < 1.29 is 14.1 Å². The second-order valence-electron chi connectivity index (χ2n) is 7.45. The van der Waals surface area contributed by atoms with Crippen LogP contribution in [0.5, 0.6) is 0 Å². The first kappa shape index (κ1) is 20.8. The quantitative estimate of drug-likeness (QED) is 0.322. The van der Waals surface area contributed by atoms with Crippen LogP contribution in [0.1, 0.15) is 9.67 Å². The SMILES string of the molecule is O=C(c1sc(-c2ccco2)nc1-c1ccccc1)N1CCN(c2ccc([N+](=O)[O-])cn2)CC1. The van der Waals surface area contributed by atoms with Crippen LogP contribution in [0.4, 0.5) is 11.5 Å². The van der Waals surface area contributed by atoms with Gasteiger partial charge in [0.15, 0.2) is 10.8 Å². The average molecular weight is 462 g/mol. The molecule has 166 valence electrons. The van der Waals surface area contributed by atoms with E-state index in [0.717, 1.165) is 5.56 Å². The predicted octanol–water partition coefficient (Wildman–Crippen LogP) is 4.34. The molecule has 33 heavy (non-hydrogen) atoms. The zero-order valence-electron chi connectivity index (χ0n) is 17.5. The molecule has 5 rings (SSSR count). The Morgan fingerprint density at radius 2 is 1.82 bits per heavy atom. The minimum atomic E-state index is -0.469. The van der Waals surface area contributed by atoms with Crippen LogP contribution < -0.4 is 4.90 Å². The van der Waals surface area contributed by atoms with Crippen molar-refractivity contribution in [3.05, 3.63) is 82.0 Å².